The van der Waals surface area contributed by atoms with Crippen molar-refractivity contribution in [3.63, 3.8) is 0 Å². The second-order valence-electron chi connectivity index (χ2n) is 10.8. The molecular weight excluding hydrogens is 584 g/mol. The van der Waals surface area contributed by atoms with Crippen LogP contribution in [0.25, 0.3) is 10.9 Å². The summed E-state index contributed by atoms with van der Waals surface area (Å²) in [5.41, 5.74) is 3.06. The molecule has 210 valence electrons. The molecule has 1 atom stereocenters. The number of aromatic nitrogens is 2. The molecule has 41 heavy (non-hydrogen) atoms. The smallest absolute Gasteiger partial charge is 0.256 e. The largest absolute Gasteiger partial charge is 0.353 e. The van der Waals surface area contributed by atoms with Crippen LogP contribution in [-0.4, -0.2) is 93.8 Å². The van der Waals surface area contributed by atoms with Crippen molar-refractivity contribution in [2.45, 2.75) is 25.4 Å². The van der Waals surface area contributed by atoms with Gasteiger partial charge in [-0.3, -0.25) is 14.4 Å². The summed E-state index contributed by atoms with van der Waals surface area (Å²) >= 11 is 3.58. The van der Waals surface area contributed by atoms with Gasteiger partial charge in [-0.1, -0.05) is 28.4 Å². The standard InChI is InChI=1S/C31H31BrN6O3/c1-4-21-6-9-27(33-17-21)34-12-14-35(15-13-34)31(41)29-20(3)38(25-8-7-22(32)16-24(25)29)26-10-11-37(30(26)40)23-18-36(19-23)28(39)5-2/h1,5-9,16-17,23,26H,2,10-15,18-19H2,3H3. The van der Waals surface area contributed by atoms with E-state index in [1.807, 2.05) is 47.1 Å². The molecule has 9 nitrogen and oxygen atoms in total. The van der Waals surface area contributed by atoms with Crippen LogP contribution in [-0.2, 0) is 9.59 Å². The first kappa shape index (κ1) is 27.1. The van der Waals surface area contributed by atoms with Crippen LogP contribution in [0.2, 0.25) is 0 Å². The first-order chi connectivity index (χ1) is 19.8. The second-order valence-corrected chi connectivity index (χ2v) is 11.7. The first-order valence-electron chi connectivity index (χ1n) is 13.8. The third kappa shape index (κ3) is 4.68. The van der Waals surface area contributed by atoms with Gasteiger partial charge in [0, 0.05) is 78.6 Å². The van der Waals surface area contributed by atoms with Gasteiger partial charge in [-0.05, 0) is 49.8 Å². The van der Waals surface area contributed by atoms with Gasteiger partial charge in [0.05, 0.1) is 11.6 Å². The van der Waals surface area contributed by atoms with E-state index in [1.54, 1.807) is 11.1 Å². The molecule has 0 radical (unpaired) electrons. The van der Waals surface area contributed by atoms with E-state index in [1.165, 1.54) is 6.08 Å². The van der Waals surface area contributed by atoms with Crippen LogP contribution in [0.4, 0.5) is 5.82 Å². The van der Waals surface area contributed by atoms with Crippen LogP contribution < -0.4 is 4.90 Å². The maximum absolute atomic E-state index is 14.0. The lowest BCUT2D eigenvalue weighted by molar-refractivity contribution is -0.142. The minimum Gasteiger partial charge on any atom is -0.353 e. The van der Waals surface area contributed by atoms with Crippen molar-refractivity contribution in [1.82, 2.24) is 24.3 Å². The zero-order valence-corrected chi connectivity index (χ0v) is 24.5. The van der Waals surface area contributed by atoms with E-state index in [0.29, 0.717) is 57.8 Å². The highest BCUT2D eigenvalue weighted by molar-refractivity contribution is 9.10. The topological polar surface area (TPSA) is 82.0 Å². The molecule has 6 rings (SSSR count). The molecular formula is C31H31BrN6O3. The lowest BCUT2D eigenvalue weighted by Crippen LogP contribution is -2.61. The zero-order valence-electron chi connectivity index (χ0n) is 22.9. The van der Waals surface area contributed by atoms with Crippen LogP contribution in [0, 0.1) is 19.3 Å². The summed E-state index contributed by atoms with van der Waals surface area (Å²) in [6, 6.07) is 9.33. The number of piperazine rings is 1. The number of hydrogen-bond acceptors (Lipinski definition) is 5. The Morgan fingerprint density at radius 1 is 1.10 bits per heavy atom. The van der Waals surface area contributed by atoms with Crippen LogP contribution in [0.1, 0.15) is 34.1 Å². The Hall–Kier alpha value is -4.10. The average molecular weight is 616 g/mol. The predicted molar refractivity (Wildman–Crippen MR) is 161 cm³/mol. The van der Waals surface area contributed by atoms with Crippen molar-refractivity contribution in [3.05, 3.63) is 70.5 Å². The van der Waals surface area contributed by atoms with Gasteiger partial charge in [-0.2, -0.15) is 0 Å². The van der Waals surface area contributed by atoms with Gasteiger partial charge in [0.2, 0.25) is 11.8 Å². The third-order valence-electron chi connectivity index (χ3n) is 8.54. The number of anilines is 1. The lowest BCUT2D eigenvalue weighted by atomic mass is 10.1. The van der Waals surface area contributed by atoms with Crippen LogP contribution in [0.5, 0.6) is 0 Å². The molecule has 3 aromatic rings. The van der Waals surface area contributed by atoms with E-state index in [9.17, 15) is 14.4 Å². The van der Waals surface area contributed by atoms with E-state index in [0.717, 1.165) is 32.5 Å². The number of nitrogens with zero attached hydrogens (tertiary/aromatic N) is 6. The normalized spacial score (nSPS) is 19.4. The Morgan fingerprint density at radius 2 is 1.85 bits per heavy atom. The molecule has 0 saturated carbocycles. The number of rotatable bonds is 5. The number of benzene rings is 1. The number of fused-ring (bicyclic) bond motifs is 1. The van der Waals surface area contributed by atoms with Gasteiger partial charge < -0.3 is 24.2 Å². The fourth-order valence-electron chi connectivity index (χ4n) is 6.29. The molecule has 3 fully saturated rings. The number of likely N-dealkylation sites (tertiary alicyclic amines) is 2. The molecule has 3 saturated heterocycles. The maximum atomic E-state index is 14.0. The maximum Gasteiger partial charge on any atom is 0.256 e. The van der Waals surface area contributed by atoms with E-state index >= 15 is 0 Å². The van der Waals surface area contributed by atoms with Crippen LogP contribution in [0.15, 0.2) is 53.7 Å². The minimum atomic E-state index is -0.390. The summed E-state index contributed by atoms with van der Waals surface area (Å²) in [4.78, 5) is 51.8. The van der Waals surface area contributed by atoms with E-state index in [2.05, 4.69) is 42.9 Å². The molecule has 0 bridgehead atoms. The summed E-state index contributed by atoms with van der Waals surface area (Å²) in [5, 5.41) is 0.841. The first-order valence-corrected chi connectivity index (χ1v) is 14.6. The lowest BCUT2D eigenvalue weighted by Gasteiger charge is -2.43. The number of carbonyl (C=O) groups excluding carboxylic acids is 3. The average Bonchev–Trinajstić information content (AvgIpc) is 3.47. The molecule has 10 heteroatoms. The van der Waals surface area contributed by atoms with Gasteiger partial charge in [0.1, 0.15) is 11.9 Å². The van der Waals surface area contributed by atoms with E-state index in [-0.39, 0.29) is 23.8 Å². The molecule has 2 aromatic heterocycles. The Labute approximate surface area is 247 Å². The highest BCUT2D eigenvalue weighted by atomic mass is 79.9. The molecule has 0 aliphatic carbocycles. The quantitative estimate of drug-likeness (QED) is 0.326. The predicted octanol–water partition coefficient (Wildman–Crippen LogP) is 3.22. The minimum absolute atomic E-state index is 0.0161. The third-order valence-corrected chi connectivity index (χ3v) is 9.04. The molecule has 0 N–H and O–H groups in total. The van der Waals surface area contributed by atoms with Gasteiger partial charge in [0.15, 0.2) is 0 Å². The number of terminal acetylenes is 1. The molecule has 3 aliphatic heterocycles. The van der Waals surface area contributed by atoms with Crippen molar-refractivity contribution in [3.8, 4) is 12.3 Å². The number of halogens is 1. The summed E-state index contributed by atoms with van der Waals surface area (Å²) in [5.74, 6) is 3.34. The van der Waals surface area contributed by atoms with Gasteiger partial charge in [-0.25, -0.2) is 4.98 Å². The second kappa shape index (κ2) is 10.7. The number of hydrogen-bond donors (Lipinski definition) is 0. The monoisotopic (exact) mass is 614 g/mol. The summed E-state index contributed by atoms with van der Waals surface area (Å²) in [7, 11) is 0. The van der Waals surface area contributed by atoms with Crippen molar-refractivity contribution in [2.24, 2.45) is 0 Å². The SMILES string of the molecule is C#Cc1ccc(N2CCN(C(=O)c3c(C)n(C4CCN(C5CN(C(=O)C=C)C5)C4=O)c4ccc(Br)cc34)CC2)nc1. The van der Waals surface area contributed by atoms with Crippen molar-refractivity contribution in [2.75, 3.05) is 50.7 Å². The summed E-state index contributed by atoms with van der Waals surface area (Å²) in [6.45, 7) is 9.64. The van der Waals surface area contributed by atoms with Gasteiger partial charge in [0.25, 0.3) is 5.91 Å². The van der Waals surface area contributed by atoms with Gasteiger partial charge in [-0.15, -0.1) is 6.42 Å². The van der Waals surface area contributed by atoms with E-state index in [4.69, 9.17) is 6.42 Å². The number of amides is 3. The van der Waals surface area contributed by atoms with E-state index < -0.39 is 6.04 Å². The highest BCUT2D eigenvalue weighted by Gasteiger charge is 2.43. The zero-order chi connectivity index (χ0) is 28.8. The highest BCUT2D eigenvalue weighted by Crippen LogP contribution is 2.37. The Morgan fingerprint density at radius 3 is 2.51 bits per heavy atom. The number of carbonyl (C=O) groups is 3. The molecule has 1 unspecified atom stereocenters. The molecule has 5 heterocycles. The summed E-state index contributed by atoms with van der Waals surface area (Å²) in [6.07, 6.45) is 9.11. The summed E-state index contributed by atoms with van der Waals surface area (Å²) < 4.78 is 2.93. The van der Waals surface area contributed by atoms with Crippen molar-refractivity contribution in [1.29, 1.82) is 0 Å². The fourth-order valence-corrected chi connectivity index (χ4v) is 6.65. The molecule has 0 spiro atoms. The van der Waals surface area contributed by atoms with Crippen molar-refractivity contribution < 1.29 is 14.4 Å². The molecule has 3 amide bonds. The van der Waals surface area contributed by atoms with Crippen LogP contribution >= 0.6 is 15.9 Å². The van der Waals surface area contributed by atoms with Gasteiger partial charge >= 0.3 is 0 Å². The van der Waals surface area contributed by atoms with Crippen molar-refractivity contribution >= 4 is 50.4 Å². The van der Waals surface area contributed by atoms with Crippen LogP contribution in [0.3, 0.4) is 0 Å². The molecule has 3 aliphatic rings. The Balaban J connectivity index is 1.23. The Kier molecular flexibility index (Phi) is 7.08. The fraction of sp³-hybridized carbons (Fsp3) is 0.355. The molecule has 1 aromatic carbocycles. The Bertz CT molecular complexity index is 1590. The number of pyridine rings is 1.